The minimum Gasteiger partial charge on any atom is -0.496 e. The standard InChI is InChI=1S/C20H26ClN3O2/c1-24(2)18(17-9-4-5-10-19(17)26-3)14-23-20(25)22-12-11-15-7-6-8-16(21)13-15/h4-10,13,18H,11-12,14H2,1-3H3,(H2,22,23,25). The van der Waals surface area contributed by atoms with Gasteiger partial charge in [0.2, 0.25) is 0 Å². The normalized spacial score (nSPS) is 11.9. The van der Waals surface area contributed by atoms with Crippen molar-refractivity contribution < 1.29 is 9.53 Å². The molecule has 2 amide bonds. The molecule has 0 aromatic heterocycles. The lowest BCUT2D eigenvalue weighted by atomic mass is 10.0. The molecule has 2 aromatic rings. The number of urea groups is 1. The fourth-order valence-corrected chi connectivity index (χ4v) is 2.99. The van der Waals surface area contributed by atoms with Gasteiger partial charge in [0.25, 0.3) is 0 Å². The summed E-state index contributed by atoms with van der Waals surface area (Å²) in [6.45, 7) is 1.03. The number of nitrogens with one attached hydrogen (secondary N) is 2. The number of hydrogen-bond donors (Lipinski definition) is 2. The van der Waals surface area contributed by atoms with Crippen molar-refractivity contribution in [2.24, 2.45) is 0 Å². The Kier molecular flexibility index (Phi) is 7.75. The van der Waals surface area contributed by atoms with Crippen molar-refractivity contribution in [1.29, 1.82) is 0 Å². The maximum absolute atomic E-state index is 12.1. The molecule has 2 N–H and O–H groups in total. The number of benzene rings is 2. The van der Waals surface area contributed by atoms with Gasteiger partial charge in [-0.15, -0.1) is 0 Å². The first-order chi connectivity index (χ1) is 12.5. The average molecular weight is 376 g/mol. The number of halogens is 1. The van der Waals surface area contributed by atoms with E-state index in [1.165, 1.54) is 0 Å². The summed E-state index contributed by atoms with van der Waals surface area (Å²) in [5.74, 6) is 0.814. The minimum absolute atomic E-state index is 0.0184. The van der Waals surface area contributed by atoms with Gasteiger partial charge in [-0.05, 0) is 44.3 Å². The van der Waals surface area contributed by atoms with E-state index >= 15 is 0 Å². The molecule has 0 saturated carbocycles. The Balaban J connectivity index is 1.85. The van der Waals surface area contributed by atoms with E-state index in [4.69, 9.17) is 16.3 Å². The summed E-state index contributed by atoms with van der Waals surface area (Å²) in [7, 11) is 5.62. The van der Waals surface area contributed by atoms with Gasteiger partial charge in [0.1, 0.15) is 5.75 Å². The number of amides is 2. The summed E-state index contributed by atoms with van der Waals surface area (Å²) in [5.41, 5.74) is 2.14. The number of methoxy groups -OCH3 is 1. The lowest BCUT2D eigenvalue weighted by molar-refractivity contribution is 0.232. The first kappa shape index (κ1) is 20.1. The van der Waals surface area contributed by atoms with Gasteiger partial charge >= 0.3 is 6.03 Å². The summed E-state index contributed by atoms with van der Waals surface area (Å²) >= 11 is 5.97. The van der Waals surface area contributed by atoms with E-state index in [-0.39, 0.29) is 12.1 Å². The van der Waals surface area contributed by atoms with Gasteiger partial charge < -0.3 is 20.3 Å². The summed E-state index contributed by atoms with van der Waals surface area (Å²) < 4.78 is 5.44. The van der Waals surface area contributed by atoms with E-state index in [1.54, 1.807) is 7.11 Å². The van der Waals surface area contributed by atoms with Gasteiger partial charge in [0.05, 0.1) is 13.2 Å². The van der Waals surface area contributed by atoms with E-state index in [1.807, 2.05) is 62.6 Å². The second-order valence-electron chi connectivity index (χ2n) is 6.24. The highest BCUT2D eigenvalue weighted by molar-refractivity contribution is 6.30. The fourth-order valence-electron chi connectivity index (χ4n) is 2.78. The molecule has 0 aliphatic rings. The third kappa shape index (κ3) is 5.93. The molecular weight excluding hydrogens is 350 g/mol. The van der Waals surface area contributed by atoms with Gasteiger partial charge in [-0.25, -0.2) is 4.79 Å². The second kappa shape index (κ2) is 10.0. The Morgan fingerprint density at radius 1 is 1.15 bits per heavy atom. The number of hydrogen-bond acceptors (Lipinski definition) is 3. The molecule has 26 heavy (non-hydrogen) atoms. The lowest BCUT2D eigenvalue weighted by Gasteiger charge is -2.26. The van der Waals surface area contributed by atoms with E-state index in [2.05, 4.69) is 15.5 Å². The lowest BCUT2D eigenvalue weighted by Crippen LogP contribution is -2.41. The highest BCUT2D eigenvalue weighted by atomic mass is 35.5. The van der Waals surface area contributed by atoms with Crippen molar-refractivity contribution in [2.45, 2.75) is 12.5 Å². The van der Waals surface area contributed by atoms with Crippen molar-refractivity contribution in [3.63, 3.8) is 0 Å². The van der Waals surface area contributed by atoms with Crippen LogP contribution in [0.2, 0.25) is 5.02 Å². The molecular formula is C20H26ClN3O2. The predicted molar refractivity (Wildman–Crippen MR) is 106 cm³/mol. The van der Waals surface area contributed by atoms with Crippen LogP contribution >= 0.6 is 11.6 Å². The van der Waals surface area contributed by atoms with Crippen molar-refractivity contribution in [2.75, 3.05) is 34.3 Å². The van der Waals surface area contributed by atoms with Crippen molar-refractivity contribution in [3.05, 3.63) is 64.7 Å². The molecule has 5 nitrogen and oxygen atoms in total. The van der Waals surface area contributed by atoms with Gasteiger partial charge in [0, 0.05) is 23.7 Å². The molecule has 0 bridgehead atoms. The number of para-hydroxylation sites is 1. The van der Waals surface area contributed by atoms with E-state index in [9.17, 15) is 4.79 Å². The summed E-state index contributed by atoms with van der Waals surface area (Å²) in [4.78, 5) is 14.2. The highest BCUT2D eigenvalue weighted by Crippen LogP contribution is 2.27. The van der Waals surface area contributed by atoms with Crippen molar-refractivity contribution in [1.82, 2.24) is 15.5 Å². The summed E-state index contributed by atoms with van der Waals surface area (Å²) in [6, 6.07) is 15.3. The van der Waals surface area contributed by atoms with Crippen LogP contribution in [0.25, 0.3) is 0 Å². The maximum atomic E-state index is 12.1. The summed E-state index contributed by atoms with van der Waals surface area (Å²) in [6.07, 6.45) is 0.734. The number of carbonyl (C=O) groups is 1. The van der Waals surface area contributed by atoms with E-state index in [0.717, 1.165) is 23.3 Å². The Morgan fingerprint density at radius 3 is 2.62 bits per heavy atom. The average Bonchev–Trinajstić information content (AvgIpc) is 2.62. The molecule has 140 valence electrons. The Morgan fingerprint density at radius 2 is 1.92 bits per heavy atom. The molecule has 1 atom stereocenters. The SMILES string of the molecule is COc1ccccc1C(CNC(=O)NCCc1cccc(Cl)c1)N(C)C. The van der Waals surface area contributed by atoms with Crippen LogP contribution in [0, 0.1) is 0 Å². The first-order valence-electron chi connectivity index (χ1n) is 8.56. The molecule has 0 spiro atoms. The number of rotatable bonds is 8. The molecule has 0 heterocycles. The number of carbonyl (C=O) groups excluding carboxylic acids is 1. The zero-order chi connectivity index (χ0) is 18.9. The molecule has 0 fully saturated rings. The molecule has 0 aliphatic heterocycles. The zero-order valence-electron chi connectivity index (χ0n) is 15.5. The molecule has 0 saturated heterocycles. The molecule has 2 rings (SSSR count). The quantitative estimate of drug-likeness (QED) is 0.742. The molecule has 0 radical (unpaired) electrons. The van der Waals surface area contributed by atoms with Crippen LogP contribution in [0.5, 0.6) is 5.75 Å². The number of likely N-dealkylation sites (N-methyl/N-ethyl adjacent to an activating group) is 1. The molecule has 2 aromatic carbocycles. The van der Waals surface area contributed by atoms with Crippen LogP contribution in [0.4, 0.5) is 4.79 Å². The van der Waals surface area contributed by atoms with E-state index < -0.39 is 0 Å². The number of ether oxygens (including phenoxy) is 1. The fraction of sp³-hybridized carbons (Fsp3) is 0.350. The first-order valence-corrected chi connectivity index (χ1v) is 8.94. The van der Waals surface area contributed by atoms with Crippen LogP contribution in [-0.4, -0.2) is 45.2 Å². The smallest absolute Gasteiger partial charge is 0.314 e. The topological polar surface area (TPSA) is 53.6 Å². The van der Waals surface area contributed by atoms with Crippen LogP contribution in [-0.2, 0) is 6.42 Å². The van der Waals surface area contributed by atoms with Crippen LogP contribution < -0.4 is 15.4 Å². The Labute approximate surface area is 160 Å². The van der Waals surface area contributed by atoms with Crippen molar-refractivity contribution >= 4 is 17.6 Å². The van der Waals surface area contributed by atoms with Crippen LogP contribution in [0.15, 0.2) is 48.5 Å². The molecule has 0 aliphatic carbocycles. The minimum atomic E-state index is -0.186. The maximum Gasteiger partial charge on any atom is 0.314 e. The van der Waals surface area contributed by atoms with Crippen LogP contribution in [0.1, 0.15) is 17.2 Å². The van der Waals surface area contributed by atoms with Gasteiger partial charge in [-0.1, -0.05) is 41.9 Å². The predicted octanol–water partition coefficient (Wildman–Crippen LogP) is 3.49. The molecule has 6 heteroatoms. The van der Waals surface area contributed by atoms with Crippen molar-refractivity contribution in [3.8, 4) is 5.75 Å². The van der Waals surface area contributed by atoms with Gasteiger partial charge in [-0.2, -0.15) is 0 Å². The zero-order valence-corrected chi connectivity index (χ0v) is 16.2. The van der Waals surface area contributed by atoms with Gasteiger partial charge in [0.15, 0.2) is 0 Å². The monoisotopic (exact) mass is 375 g/mol. The largest absolute Gasteiger partial charge is 0.496 e. The Hall–Kier alpha value is -2.24. The third-order valence-corrected chi connectivity index (χ3v) is 4.40. The van der Waals surface area contributed by atoms with Crippen LogP contribution in [0.3, 0.4) is 0 Å². The third-order valence-electron chi connectivity index (χ3n) is 4.17. The second-order valence-corrected chi connectivity index (χ2v) is 6.67. The van der Waals surface area contributed by atoms with Gasteiger partial charge in [-0.3, -0.25) is 0 Å². The summed E-state index contributed by atoms with van der Waals surface area (Å²) in [5, 5.41) is 6.53. The highest BCUT2D eigenvalue weighted by Gasteiger charge is 2.18. The van der Waals surface area contributed by atoms with E-state index in [0.29, 0.717) is 18.1 Å². The number of nitrogens with zero attached hydrogens (tertiary/aromatic N) is 1. The Bertz CT molecular complexity index is 722. The molecule has 1 unspecified atom stereocenters.